The topological polar surface area (TPSA) is 659 Å². The third kappa shape index (κ3) is 40.3. The van der Waals surface area contributed by atoms with Crippen molar-refractivity contribution < 1.29 is 166 Å². The van der Waals surface area contributed by atoms with Gasteiger partial charge in [-0.25, -0.2) is 19.2 Å². The van der Waals surface area contributed by atoms with Crippen molar-refractivity contribution in [3.8, 4) is 17.0 Å². The summed E-state index contributed by atoms with van der Waals surface area (Å²) in [5, 5.41) is 72.2. The maximum atomic E-state index is 15.7. The highest BCUT2D eigenvalue weighted by Gasteiger charge is 2.45. The molecular weight excluding hydrogens is 2000 g/mol. The number of hydrogen-bond acceptors (Lipinski definition) is 25. The fraction of sp³-hybridized carbons (Fsp3) is 0.463. The second-order valence-corrected chi connectivity index (χ2v) is 35.1. The third-order valence-corrected chi connectivity index (χ3v) is 24.4. The van der Waals surface area contributed by atoms with Crippen molar-refractivity contribution in [3.63, 3.8) is 0 Å². The molecule has 0 unspecified atom stereocenters. The van der Waals surface area contributed by atoms with Crippen molar-refractivity contribution in [1.29, 1.82) is 0 Å². The predicted molar refractivity (Wildman–Crippen MR) is 512 cm³/mol. The van der Waals surface area contributed by atoms with E-state index in [1.165, 1.54) is 90.0 Å². The summed E-state index contributed by atoms with van der Waals surface area (Å²) in [6.45, 7) is 5.77. The predicted octanol–water partition coefficient (Wildman–Crippen LogP) is 3.26. The van der Waals surface area contributed by atoms with Crippen molar-refractivity contribution in [2.45, 2.75) is 196 Å². The number of methoxy groups -OCH3 is 1. The van der Waals surface area contributed by atoms with Gasteiger partial charge in [-0.05, 0) is 114 Å². The summed E-state index contributed by atoms with van der Waals surface area (Å²) in [4.78, 5) is 273. The quantitative estimate of drug-likeness (QED) is 0.0260. The zero-order valence-electron chi connectivity index (χ0n) is 82.0. The molecule has 6 aromatic rings. The van der Waals surface area contributed by atoms with Crippen LogP contribution in [-0.4, -0.2) is 336 Å². The Labute approximate surface area is 846 Å². The average Bonchev–Trinajstić information content (AvgIpc) is 0.817. The Balaban J connectivity index is 0.00000195. The molecule has 19 N–H and O–H groups in total. The summed E-state index contributed by atoms with van der Waals surface area (Å²) in [6.07, 6.45) is -13.5. The number of carbonyl (C=O) groups excluding carboxylic acids is 14. The Hall–Kier alpha value is -15.2. The molecule has 0 radical (unpaired) electrons. The van der Waals surface area contributed by atoms with Gasteiger partial charge in [0.1, 0.15) is 72.2 Å². The zero-order valence-corrected chi connectivity index (χ0v) is 82.8. The van der Waals surface area contributed by atoms with Gasteiger partial charge in [0, 0.05) is 123 Å². The normalized spacial score (nSPS) is 20.7. The molecule has 2 aromatic heterocycles. The Morgan fingerprint density at radius 2 is 0.966 bits per heavy atom. The van der Waals surface area contributed by atoms with Crippen LogP contribution in [0.25, 0.3) is 22.0 Å². The maximum absolute atomic E-state index is 15.7. The van der Waals surface area contributed by atoms with E-state index < -0.39 is 247 Å². The number of nitrogens with zero attached hydrogens (tertiary/aromatic N) is 7. The average molecular weight is 2120 g/mol. The van der Waals surface area contributed by atoms with Gasteiger partial charge < -0.3 is 114 Å². The number of aromatic carboxylic acids is 1. The fourth-order valence-corrected chi connectivity index (χ4v) is 15.6. The van der Waals surface area contributed by atoms with Crippen molar-refractivity contribution in [2.75, 3.05) is 73.6 Å². The first-order chi connectivity index (χ1) is 69.2. The van der Waals surface area contributed by atoms with Crippen LogP contribution in [0.5, 0.6) is 5.75 Å². The number of phenolic OH excluding ortho intramolecular Hbond substituents is 1. The second-order valence-electron chi connectivity index (χ2n) is 34.1. The van der Waals surface area contributed by atoms with Crippen molar-refractivity contribution in [2.24, 2.45) is 29.0 Å². The number of aromatic nitrogens is 2. The number of phenols is 1. The first-order valence-corrected chi connectivity index (χ1v) is 46.7. The summed E-state index contributed by atoms with van der Waals surface area (Å²) < 4.78 is 101. The summed E-state index contributed by atoms with van der Waals surface area (Å²) in [7, 11) is 7.47. The SMILES string of the molecule is CC[C@H](C)[C@@H]1NC(=O)[C@H](Cc2ccc(C(=O)O)cc2)NC(=O)[C@H](CCC(N)=O)N(C)C(=O)[C@H](CC(=O)O)NC(=O)[C@H](CCOC)N(C)C(=O)[C@H](CCCCN)N(C)C(=O)CSC[C@@H](C(N)=O)N(C)C(=O)[C@H](Cc2ccc(-c3ccccc3)nc2)NC(=O)CNC(=O)[C@H](Cc2ccc3ccncc3c2)N(C)C(=O)[C@H](Cc2ccc(O)cc2)NC(=O)[C@H]([C@@H](C)CC)NC1=O.O=C(O)C(F)(F)F.O=C(O)C(F)(F)F.O=C(O)C(F)(F)F. The van der Waals surface area contributed by atoms with E-state index in [9.17, 15) is 88.4 Å². The highest BCUT2D eigenvalue weighted by molar-refractivity contribution is 8.00. The Morgan fingerprint density at radius 3 is 1.47 bits per heavy atom. The third-order valence-electron chi connectivity index (χ3n) is 23.4. The molecule has 0 saturated carbocycles. The molecule has 13 atom stereocenters. The van der Waals surface area contributed by atoms with E-state index in [4.69, 9.17) is 51.6 Å². The molecule has 1 saturated heterocycles. The first-order valence-electron chi connectivity index (χ1n) is 45.5. The van der Waals surface area contributed by atoms with Gasteiger partial charge >= 0.3 is 48.4 Å². The number of primary amides is 2. The molecule has 4 aromatic carbocycles. The number of likely N-dealkylation sites (N-methyl/N-ethyl adjacent to an activating group) is 5. The molecule has 0 spiro atoms. The van der Waals surface area contributed by atoms with Crippen molar-refractivity contribution in [1.82, 2.24) is 71.7 Å². The Kier molecular flexibility index (Phi) is 50.2. The van der Waals surface area contributed by atoms with Gasteiger partial charge in [-0.1, -0.05) is 113 Å². The van der Waals surface area contributed by atoms with Gasteiger partial charge in [-0.3, -0.25) is 81.9 Å². The number of amides is 14. The van der Waals surface area contributed by atoms with Crippen LogP contribution in [0.3, 0.4) is 0 Å². The molecule has 1 aliphatic rings. The largest absolute Gasteiger partial charge is 0.508 e. The smallest absolute Gasteiger partial charge is 0.490 e. The minimum atomic E-state index is -5.08. The van der Waals surface area contributed by atoms with Crippen LogP contribution in [0, 0.1) is 11.8 Å². The highest BCUT2D eigenvalue weighted by Crippen LogP contribution is 2.27. The van der Waals surface area contributed by atoms with E-state index in [-0.39, 0.29) is 87.1 Å². The Bertz CT molecular complexity index is 5530. The summed E-state index contributed by atoms with van der Waals surface area (Å²) in [5.74, 6) is -27.3. The Morgan fingerprint density at radius 1 is 0.493 bits per heavy atom. The van der Waals surface area contributed by atoms with E-state index in [1.54, 1.807) is 76.5 Å². The molecule has 3 heterocycles. The van der Waals surface area contributed by atoms with Gasteiger partial charge in [-0.15, -0.1) is 11.8 Å². The van der Waals surface area contributed by atoms with Crippen LogP contribution < -0.4 is 54.4 Å². The number of pyridine rings is 2. The number of aromatic hydroxyl groups is 1. The lowest BCUT2D eigenvalue weighted by Crippen LogP contribution is -2.62. The number of benzene rings is 4. The molecule has 43 nitrogen and oxygen atoms in total. The number of carboxylic acid groups (broad SMARTS) is 5. The number of carboxylic acids is 5. The molecule has 53 heteroatoms. The number of carbonyl (C=O) groups is 19. The van der Waals surface area contributed by atoms with Crippen molar-refractivity contribution in [3.05, 3.63) is 162 Å². The molecule has 1 fully saturated rings. The number of thioether (sulfide) groups is 1. The van der Waals surface area contributed by atoms with Crippen LogP contribution in [0.15, 0.2) is 134 Å². The van der Waals surface area contributed by atoms with E-state index in [0.717, 1.165) is 54.3 Å². The highest BCUT2D eigenvalue weighted by atomic mass is 32.2. The van der Waals surface area contributed by atoms with Gasteiger partial charge in [0.2, 0.25) is 82.7 Å². The number of unbranched alkanes of at least 4 members (excludes halogenated alkanes) is 1. The number of aliphatic carboxylic acids is 4. The summed E-state index contributed by atoms with van der Waals surface area (Å²) >= 11 is 0.854. The number of hydrogen-bond donors (Lipinski definition) is 16. The molecule has 1 aliphatic heterocycles. The van der Waals surface area contributed by atoms with E-state index in [2.05, 4.69) is 47.2 Å². The van der Waals surface area contributed by atoms with Crippen molar-refractivity contribution >= 4 is 135 Å². The zero-order chi connectivity index (χ0) is 112. The van der Waals surface area contributed by atoms with Crippen LogP contribution in [0.1, 0.15) is 118 Å². The first kappa shape index (κ1) is 125. The van der Waals surface area contributed by atoms with Gasteiger partial charge in [-0.2, -0.15) is 39.5 Å². The molecule has 0 aliphatic carbocycles. The van der Waals surface area contributed by atoms with Crippen LogP contribution in [0.4, 0.5) is 39.5 Å². The standard InChI is InChI=1S/C89H117N17O20S.3C2HF3O2/c1-11-51(3)76-83(118)99-65(42-54-24-30-61(107)31-25-54)86(121)105(8)70(44-55-23-27-57-35-38-93-47-60(57)40-55)80(115)95-48-73(109)96-64(43-56-26-32-62(94-46-56)58-18-14-13-15-19-58)85(120)106(9)71(78(92)113)49-127-50-74(110)102(5)69(20-16-17-37-90)88(123)104(7)68(36-39-126-10)82(117)98-66(45-75(111)112)87(122)103(6)67(33-34-72(91)108)81(116)97-63(41-53-21-28-59(29-22-53)89(124)125)79(114)100-77(52(4)12-2)84(119)101-76;3*3-2(4,5)1(6)7/h13-15,18-19,21-32,35,38,40,46-47,51-52,63-71,76-77,107H,11-12,16-17,20,33-34,36-37,39,41-45,48-50,90H2,1-10H3,(H2,91,108)(H2,92,113)(H,95,115)(H,96,109)(H,97,116)(H,98,117)(H,99,118)(H,100,114)(H,101,119)(H,111,112)(H,124,125);3*(H,6,7)/t51-,52-,63-,64-,65-,66-,67-,68-,69-,70-,71-,76-,77-;;;/m0.../s1. The molecule has 14 amide bonds. The van der Waals surface area contributed by atoms with Crippen LogP contribution in [0.2, 0.25) is 0 Å². The van der Waals surface area contributed by atoms with Crippen LogP contribution >= 0.6 is 11.8 Å². The van der Waals surface area contributed by atoms with Crippen LogP contribution in [-0.2, 0) is 117 Å². The lowest BCUT2D eigenvalue weighted by molar-refractivity contribution is -0.193. The lowest BCUT2D eigenvalue weighted by atomic mass is 9.93. The lowest BCUT2D eigenvalue weighted by Gasteiger charge is -2.36. The second kappa shape index (κ2) is 59.4. The number of nitrogens with two attached hydrogens (primary N) is 3. The minimum absolute atomic E-state index is 0.0375. The number of halogens is 9. The number of nitrogens with one attached hydrogen (secondary N) is 7. The number of rotatable bonds is 27. The summed E-state index contributed by atoms with van der Waals surface area (Å²) in [6, 6.07) is 12.6. The summed E-state index contributed by atoms with van der Waals surface area (Å²) in [5.41, 5.74) is 20.4. The number of fused-ring (bicyclic) bond motifs is 1. The van der Waals surface area contributed by atoms with Gasteiger partial charge in [0.15, 0.2) is 0 Å². The molecule has 0 bridgehead atoms. The monoisotopic (exact) mass is 2120 g/mol. The van der Waals surface area contributed by atoms with E-state index in [1.807, 2.05) is 30.3 Å². The molecule has 7 rings (SSSR count). The van der Waals surface area contributed by atoms with Gasteiger partial charge in [0.25, 0.3) is 0 Å². The minimum Gasteiger partial charge on any atom is -0.508 e. The fourth-order valence-electron chi connectivity index (χ4n) is 14.5. The number of ether oxygens (including phenoxy) is 1. The number of alkyl halides is 9. The maximum Gasteiger partial charge on any atom is 0.490 e. The van der Waals surface area contributed by atoms with E-state index in [0.29, 0.717) is 34.2 Å². The molecule has 148 heavy (non-hydrogen) atoms. The molecule has 810 valence electrons. The molecular formula is C95H120F9N17O26S. The van der Waals surface area contributed by atoms with E-state index >= 15 is 43.2 Å². The van der Waals surface area contributed by atoms with Gasteiger partial charge in [0.05, 0.1) is 30.0 Å².